The predicted octanol–water partition coefficient (Wildman–Crippen LogP) is 2.47. The molecule has 0 aliphatic heterocycles. The van der Waals surface area contributed by atoms with Crippen LogP contribution in [0.25, 0.3) is 0 Å². The molecular formula is C8H9F3O. The fourth-order valence-corrected chi connectivity index (χ4v) is 1.42. The molecule has 1 nitrogen and oxygen atoms in total. The lowest BCUT2D eigenvalue weighted by molar-refractivity contribution is -0.175. The van der Waals surface area contributed by atoms with Gasteiger partial charge in [0.2, 0.25) is 0 Å². The molecule has 0 bridgehead atoms. The van der Waals surface area contributed by atoms with E-state index < -0.39 is 17.9 Å². The number of carbonyl (C=O) groups is 1. The second-order valence-electron chi connectivity index (χ2n) is 2.95. The molecule has 0 aromatic carbocycles. The Kier molecular flexibility index (Phi) is 2.26. The maximum atomic E-state index is 12.2. The van der Waals surface area contributed by atoms with Crippen LogP contribution >= 0.6 is 0 Å². The molecule has 0 aromatic rings. The van der Waals surface area contributed by atoms with Crippen LogP contribution in [0.3, 0.4) is 0 Å². The van der Waals surface area contributed by atoms with Gasteiger partial charge in [0.05, 0.1) is 0 Å². The van der Waals surface area contributed by atoms with Crippen molar-refractivity contribution in [1.29, 1.82) is 0 Å². The minimum absolute atomic E-state index is 0.0127. The molecule has 0 spiro atoms. The van der Waals surface area contributed by atoms with Crippen LogP contribution in [-0.4, -0.2) is 12.0 Å². The van der Waals surface area contributed by atoms with Gasteiger partial charge in [0.1, 0.15) is 11.7 Å². The van der Waals surface area contributed by atoms with Gasteiger partial charge in [-0.05, 0) is 12.8 Å². The van der Waals surface area contributed by atoms with Gasteiger partial charge in [0, 0.05) is 6.42 Å². The Bertz CT molecular complexity index is 201. The minimum atomic E-state index is -4.44. The summed E-state index contributed by atoms with van der Waals surface area (Å²) < 4.78 is 36.5. The molecular weight excluding hydrogens is 169 g/mol. The zero-order valence-electron chi connectivity index (χ0n) is 6.45. The zero-order chi connectivity index (χ0) is 9.35. The van der Waals surface area contributed by atoms with Crippen LogP contribution in [0.5, 0.6) is 0 Å². The van der Waals surface area contributed by atoms with Crippen molar-refractivity contribution in [1.82, 2.24) is 0 Å². The lowest BCUT2D eigenvalue weighted by atomic mass is 9.84. The van der Waals surface area contributed by atoms with E-state index in [1.54, 1.807) is 0 Å². The van der Waals surface area contributed by atoms with Crippen LogP contribution in [-0.2, 0) is 4.79 Å². The van der Waals surface area contributed by atoms with E-state index in [2.05, 4.69) is 6.58 Å². The number of ketones is 1. The molecule has 0 radical (unpaired) electrons. The number of Topliss-reactive ketones (excluding diaryl/α,β-unsaturated/α-hetero) is 1. The van der Waals surface area contributed by atoms with E-state index in [1.807, 2.05) is 0 Å². The van der Waals surface area contributed by atoms with Crippen molar-refractivity contribution < 1.29 is 18.0 Å². The van der Waals surface area contributed by atoms with Crippen LogP contribution in [0.15, 0.2) is 12.2 Å². The first kappa shape index (κ1) is 9.29. The molecule has 0 N–H and O–H groups in total. The first-order valence-electron chi connectivity index (χ1n) is 3.70. The van der Waals surface area contributed by atoms with Crippen molar-refractivity contribution in [3.05, 3.63) is 12.2 Å². The Hall–Kier alpha value is -0.800. The van der Waals surface area contributed by atoms with Gasteiger partial charge in [0.25, 0.3) is 0 Å². The summed E-state index contributed by atoms with van der Waals surface area (Å²) in [6, 6.07) is 0. The quantitative estimate of drug-likeness (QED) is 0.521. The van der Waals surface area contributed by atoms with E-state index in [0.29, 0.717) is 12.8 Å². The van der Waals surface area contributed by atoms with Crippen molar-refractivity contribution in [2.24, 2.45) is 5.92 Å². The van der Waals surface area contributed by atoms with Crippen LogP contribution in [0, 0.1) is 5.92 Å². The number of allylic oxidation sites excluding steroid dienone is 1. The summed E-state index contributed by atoms with van der Waals surface area (Å²) in [5, 5.41) is 0. The molecule has 1 unspecified atom stereocenters. The van der Waals surface area contributed by atoms with Crippen LogP contribution < -0.4 is 0 Å². The van der Waals surface area contributed by atoms with Crippen LogP contribution in [0.2, 0.25) is 0 Å². The number of alkyl halides is 3. The third-order valence-electron chi connectivity index (χ3n) is 1.98. The molecule has 0 heterocycles. The number of hydrogen-bond donors (Lipinski definition) is 0. The first-order valence-corrected chi connectivity index (χ1v) is 3.70. The van der Waals surface area contributed by atoms with Gasteiger partial charge in [-0.3, -0.25) is 4.79 Å². The van der Waals surface area contributed by atoms with Gasteiger partial charge >= 0.3 is 6.18 Å². The number of hydrogen-bond acceptors (Lipinski definition) is 1. The highest BCUT2D eigenvalue weighted by Gasteiger charge is 2.46. The van der Waals surface area contributed by atoms with Crippen LogP contribution in [0.4, 0.5) is 13.2 Å². The van der Waals surface area contributed by atoms with E-state index in [0.717, 1.165) is 0 Å². The molecule has 1 atom stereocenters. The van der Waals surface area contributed by atoms with E-state index in [1.165, 1.54) is 0 Å². The van der Waals surface area contributed by atoms with Gasteiger partial charge in [-0.1, -0.05) is 12.2 Å². The maximum Gasteiger partial charge on any atom is 0.402 e. The Balaban J connectivity index is 2.84. The maximum absolute atomic E-state index is 12.2. The molecule has 0 aromatic heterocycles. The topological polar surface area (TPSA) is 17.1 Å². The fraction of sp³-hybridized carbons (Fsp3) is 0.625. The first-order chi connectivity index (χ1) is 5.43. The Morgan fingerprint density at radius 1 is 1.33 bits per heavy atom. The predicted molar refractivity (Wildman–Crippen MR) is 37.5 cm³/mol. The smallest absolute Gasteiger partial charge is 0.299 e. The average Bonchev–Trinajstić information content (AvgIpc) is 1.82. The summed E-state index contributed by atoms with van der Waals surface area (Å²) in [5.74, 6) is -2.63. The van der Waals surface area contributed by atoms with E-state index in [4.69, 9.17) is 0 Å². The summed E-state index contributed by atoms with van der Waals surface area (Å²) in [6.07, 6.45) is -3.59. The molecule has 1 aliphatic rings. The molecule has 1 rings (SSSR count). The lowest BCUT2D eigenvalue weighted by Crippen LogP contribution is -2.34. The molecule has 68 valence electrons. The SMILES string of the molecule is C=C1CCCC(=O)C1C(F)(F)F. The third-order valence-corrected chi connectivity index (χ3v) is 1.98. The molecule has 1 aliphatic carbocycles. The molecule has 4 heteroatoms. The molecule has 0 saturated heterocycles. The summed E-state index contributed by atoms with van der Waals surface area (Å²) in [5.41, 5.74) is 0.0127. The van der Waals surface area contributed by atoms with Crippen molar-refractivity contribution in [2.45, 2.75) is 25.4 Å². The highest BCUT2D eigenvalue weighted by atomic mass is 19.4. The zero-order valence-corrected chi connectivity index (χ0v) is 6.45. The number of halogens is 3. The number of carbonyl (C=O) groups excluding carboxylic acids is 1. The highest BCUT2D eigenvalue weighted by Crippen LogP contribution is 2.37. The highest BCUT2D eigenvalue weighted by molar-refractivity contribution is 5.85. The van der Waals surface area contributed by atoms with Crippen molar-refractivity contribution >= 4 is 5.78 Å². The number of rotatable bonds is 0. The normalized spacial score (nSPS) is 26.1. The summed E-state index contributed by atoms with van der Waals surface area (Å²) in [6.45, 7) is 3.27. The van der Waals surface area contributed by atoms with E-state index in [9.17, 15) is 18.0 Å². The summed E-state index contributed by atoms with van der Waals surface area (Å²) in [7, 11) is 0. The Morgan fingerprint density at radius 3 is 2.25 bits per heavy atom. The fourth-order valence-electron chi connectivity index (χ4n) is 1.42. The van der Waals surface area contributed by atoms with Crippen molar-refractivity contribution in [3.8, 4) is 0 Å². The summed E-state index contributed by atoms with van der Waals surface area (Å²) in [4.78, 5) is 10.9. The van der Waals surface area contributed by atoms with Crippen LogP contribution in [0.1, 0.15) is 19.3 Å². The molecule has 0 amide bonds. The largest absolute Gasteiger partial charge is 0.402 e. The Labute approximate surface area is 68.3 Å². The van der Waals surface area contributed by atoms with Gasteiger partial charge in [-0.15, -0.1) is 0 Å². The van der Waals surface area contributed by atoms with Gasteiger partial charge in [-0.2, -0.15) is 13.2 Å². The molecule has 12 heavy (non-hydrogen) atoms. The second kappa shape index (κ2) is 2.92. The van der Waals surface area contributed by atoms with E-state index in [-0.39, 0.29) is 12.0 Å². The lowest BCUT2D eigenvalue weighted by Gasteiger charge is -2.25. The molecule has 1 saturated carbocycles. The standard InChI is InChI=1S/C8H9F3O/c1-5-3-2-4-6(12)7(5)8(9,10)11/h7H,1-4H2. The van der Waals surface area contributed by atoms with Gasteiger partial charge in [-0.25, -0.2) is 0 Å². The average molecular weight is 178 g/mol. The van der Waals surface area contributed by atoms with E-state index >= 15 is 0 Å². The van der Waals surface area contributed by atoms with Crippen molar-refractivity contribution in [3.63, 3.8) is 0 Å². The monoisotopic (exact) mass is 178 g/mol. The second-order valence-corrected chi connectivity index (χ2v) is 2.95. The van der Waals surface area contributed by atoms with Gasteiger partial charge in [0.15, 0.2) is 0 Å². The molecule has 1 fully saturated rings. The third kappa shape index (κ3) is 1.68. The summed E-state index contributed by atoms with van der Waals surface area (Å²) >= 11 is 0. The minimum Gasteiger partial charge on any atom is -0.299 e. The van der Waals surface area contributed by atoms with Crippen molar-refractivity contribution in [2.75, 3.05) is 0 Å². The Morgan fingerprint density at radius 2 is 1.92 bits per heavy atom. The van der Waals surface area contributed by atoms with Gasteiger partial charge < -0.3 is 0 Å².